The minimum Gasteiger partial charge on any atom is -0.493 e. The summed E-state index contributed by atoms with van der Waals surface area (Å²) in [6.45, 7) is 0.406. The summed E-state index contributed by atoms with van der Waals surface area (Å²) in [4.78, 5) is 24.8. The van der Waals surface area contributed by atoms with E-state index in [2.05, 4.69) is 10.4 Å². The summed E-state index contributed by atoms with van der Waals surface area (Å²) in [5.41, 5.74) is 1.54. The van der Waals surface area contributed by atoms with Crippen LogP contribution in [0.3, 0.4) is 0 Å². The second-order valence-corrected chi connectivity index (χ2v) is 6.89. The highest BCUT2D eigenvalue weighted by Crippen LogP contribution is 2.38. The number of nitrogens with one attached hydrogen (secondary N) is 1. The Hall–Kier alpha value is -3.52. The fourth-order valence-electron chi connectivity index (χ4n) is 2.97. The van der Waals surface area contributed by atoms with Crippen LogP contribution in [0.1, 0.15) is 10.4 Å². The van der Waals surface area contributed by atoms with Crippen molar-refractivity contribution in [2.45, 2.75) is 6.54 Å². The number of carbonyl (C=O) groups is 1. The molecule has 162 valence electrons. The molecule has 0 aliphatic heterocycles. The third-order valence-corrected chi connectivity index (χ3v) is 4.79. The van der Waals surface area contributed by atoms with Crippen molar-refractivity contribution in [1.29, 1.82) is 0 Å². The lowest BCUT2D eigenvalue weighted by Crippen LogP contribution is -2.32. The average Bonchev–Trinajstić information content (AvgIpc) is 2.79. The molecule has 1 N–H and O–H groups in total. The molecular formula is C22H22ClN3O5. The molecule has 0 atom stereocenters. The van der Waals surface area contributed by atoms with Crippen molar-refractivity contribution in [3.8, 4) is 28.5 Å². The highest BCUT2D eigenvalue weighted by Gasteiger charge is 2.17. The molecule has 9 heteroatoms. The van der Waals surface area contributed by atoms with Gasteiger partial charge in [-0.15, -0.1) is 0 Å². The Morgan fingerprint density at radius 1 is 1.00 bits per heavy atom. The number of hydrogen-bond donors (Lipinski definition) is 1. The van der Waals surface area contributed by atoms with Gasteiger partial charge < -0.3 is 19.5 Å². The highest BCUT2D eigenvalue weighted by molar-refractivity contribution is 6.30. The Bertz CT molecular complexity index is 1100. The molecule has 0 fully saturated rings. The lowest BCUT2D eigenvalue weighted by molar-refractivity contribution is 0.0951. The number of aromatic nitrogens is 2. The van der Waals surface area contributed by atoms with E-state index in [-0.39, 0.29) is 24.6 Å². The Kier molecular flexibility index (Phi) is 7.15. The molecule has 3 rings (SSSR count). The van der Waals surface area contributed by atoms with Gasteiger partial charge in [-0.3, -0.25) is 9.59 Å². The standard InChI is InChI=1S/C22H22ClN3O5/c1-29-18-12-15(13-19(30-2)21(18)31-3)22(28)24-10-11-26-20(27)9-8-17(25-26)14-4-6-16(23)7-5-14/h4-9,12-13H,10-11H2,1-3H3,(H,24,28). The number of methoxy groups -OCH3 is 3. The fraction of sp³-hybridized carbons (Fsp3) is 0.227. The molecule has 2 aromatic carbocycles. The molecule has 0 radical (unpaired) electrons. The number of nitrogens with zero attached hydrogens (tertiary/aromatic N) is 2. The van der Waals surface area contributed by atoms with Crippen molar-refractivity contribution in [2.75, 3.05) is 27.9 Å². The molecule has 0 spiro atoms. The lowest BCUT2D eigenvalue weighted by atomic mass is 10.1. The molecule has 3 aromatic rings. The van der Waals surface area contributed by atoms with Crippen LogP contribution >= 0.6 is 11.6 Å². The van der Waals surface area contributed by atoms with Crippen molar-refractivity contribution in [1.82, 2.24) is 15.1 Å². The summed E-state index contributed by atoms with van der Waals surface area (Å²) in [5, 5.41) is 7.76. The van der Waals surface area contributed by atoms with Crippen molar-refractivity contribution in [2.24, 2.45) is 0 Å². The second-order valence-electron chi connectivity index (χ2n) is 6.46. The summed E-state index contributed by atoms with van der Waals surface area (Å²) >= 11 is 5.92. The van der Waals surface area contributed by atoms with Crippen LogP contribution in [0.15, 0.2) is 53.3 Å². The zero-order chi connectivity index (χ0) is 22.4. The first-order valence-electron chi connectivity index (χ1n) is 9.39. The first-order valence-corrected chi connectivity index (χ1v) is 9.77. The Labute approximate surface area is 184 Å². The van der Waals surface area contributed by atoms with E-state index in [4.69, 9.17) is 25.8 Å². The SMILES string of the molecule is COc1cc(C(=O)NCCn2nc(-c3ccc(Cl)cc3)ccc2=O)cc(OC)c1OC. The zero-order valence-corrected chi connectivity index (χ0v) is 18.1. The first-order chi connectivity index (χ1) is 15.0. The maximum Gasteiger partial charge on any atom is 0.266 e. The summed E-state index contributed by atoms with van der Waals surface area (Å²) in [5.74, 6) is 0.804. The smallest absolute Gasteiger partial charge is 0.266 e. The lowest BCUT2D eigenvalue weighted by Gasteiger charge is -2.14. The molecule has 31 heavy (non-hydrogen) atoms. The van der Waals surface area contributed by atoms with E-state index in [1.807, 2.05) is 12.1 Å². The summed E-state index contributed by atoms with van der Waals surface area (Å²) in [6.07, 6.45) is 0. The number of halogens is 1. The molecule has 0 bridgehead atoms. The number of hydrogen-bond acceptors (Lipinski definition) is 6. The van der Waals surface area contributed by atoms with E-state index in [0.717, 1.165) is 5.56 Å². The molecule has 0 aliphatic rings. The topological polar surface area (TPSA) is 91.7 Å². The van der Waals surface area contributed by atoms with Crippen LogP contribution in [-0.2, 0) is 6.54 Å². The molecular weight excluding hydrogens is 422 g/mol. The first kappa shape index (κ1) is 22.2. The fourth-order valence-corrected chi connectivity index (χ4v) is 3.10. The molecule has 0 saturated carbocycles. The normalized spacial score (nSPS) is 10.5. The Morgan fingerprint density at radius 3 is 2.23 bits per heavy atom. The predicted octanol–water partition coefficient (Wildman–Crippen LogP) is 3.02. The largest absolute Gasteiger partial charge is 0.493 e. The minimum atomic E-state index is -0.346. The molecule has 0 saturated heterocycles. The quantitative estimate of drug-likeness (QED) is 0.575. The van der Waals surface area contributed by atoms with Crippen LogP contribution in [0.2, 0.25) is 5.02 Å². The van der Waals surface area contributed by atoms with Gasteiger partial charge in [0.2, 0.25) is 5.75 Å². The number of carbonyl (C=O) groups excluding carboxylic acids is 1. The van der Waals surface area contributed by atoms with Gasteiger partial charge in [0.25, 0.3) is 11.5 Å². The summed E-state index contributed by atoms with van der Waals surface area (Å²) in [7, 11) is 4.44. The van der Waals surface area contributed by atoms with E-state index >= 15 is 0 Å². The van der Waals surface area contributed by atoms with Crippen LogP contribution in [-0.4, -0.2) is 43.6 Å². The van der Waals surface area contributed by atoms with Crippen LogP contribution in [0.5, 0.6) is 17.2 Å². The zero-order valence-electron chi connectivity index (χ0n) is 17.3. The molecule has 0 unspecified atom stereocenters. The molecule has 1 aromatic heterocycles. The Balaban J connectivity index is 1.71. The van der Waals surface area contributed by atoms with E-state index in [1.54, 1.807) is 30.3 Å². The molecule has 8 nitrogen and oxygen atoms in total. The minimum absolute atomic E-state index is 0.201. The third-order valence-electron chi connectivity index (χ3n) is 4.54. The van der Waals surface area contributed by atoms with Gasteiger partial charge in [0.15, 0.2) is 11.5 Å². The van der Waals surface area contributed by atoms with Gasteiger partial charge in [-0.05, 0) is 30.3 Å². The molecule has 1 amide bonds. The van der Waals surface area contributed by atoms with Gasteiger partial charge in [0.05, 0.1) is 33.6 Å². The molecule has 0 aliphatic carbocycles. The van der Waals surface area contributed by atoms with Crippen molar-refractivity contribution < 1.29 is 19.0 Å². The average molecular weight is 444 g/mol. The van der Waals surface area contributed by atoms with E-state index in [1.165, 1.54) is 32.1 Å². The number of rotatable bonds is 8. The van der Waals surface area contributed by atoms with Crippen LogP contribution in [0.4, 0.5) is 0 Å². The van der Waals surface area contributed by atoms with Gasteiger partial charge in [-0.2, -0.15) is 5.10 Å². The van der Waals surface area contributed by atoms with Crippen molar-refractivity contribution >= 4 is 17.5 Å². The van der Waals surface area contributed by atoms with Crippen LogP contribution in [0.25, 0.3) is 11.3 Å². The third kappa shape index (κ3) is 5.16. The van der Waals surface area contributed by atoms with Gasteiger partial charge in [-0.1, -0.05) is 23.7 Å². The van der Waals surface area contributed by atoms with Crippen LogP contribution in [0, 0.1) is 0 Å². The molecule has 1 heterocycles. The summed E-state index contributed by atoms with van der Waals surface area (Å²) < 4.78 is 17.1. The van der Waals surface area contributed by atoms with Gasteiger partial charge in [0, 0.05) is 28.8 Å². The maximum absolute atomic E-state index is 12.6. The van der Waals surface area contributed by atoms with E-state index in [0.29, 0.717) is 33.5 Å². The summed E-state index contributed by atoms with van der Waals surface area (Å²) in [6, 6.07) is 13.4. The highest BCUT2D eigenvalue weighted by atomic mass is 35.5. The van der Waals surface area contributed by atoms with E-state index in [9.17, 15) is 9.59 Å². The van der Waals surface area contributed by atoms with Crippen molar-refractivity contribution in [3.05, 3.63) is 69.5 Å². The number of amides is 1. The van der Waals surface area contributed by atoms with Gasteiger partial charge >= 0.3 is 0 Å². The van der Waals surface area contributed by atoms with Crippen LogP contribution < -0.4 is 25.1 Å². The number of benzene rings is 2. The maximum atomic E-state index is 12.6. The monoisotopic (exact) mass is 443 g/mol. The van der Waals surface area contributed by atoms with E-state index < -0.39 is 0 Å². The van der Waals surface area contributed by atoms with Gasteiger partial charge in [0.1, 0.15) is 0 Å². The Morgan fingerprint density at radius 2 is 1.65 bits per heavy atom. The predicted molar refractivity (Wildman–Crippen MR) is 117 cm³/mol. The number of ether oxygens (including phenoxy) is 3. The van der Waals surface area contributed by atoms with Crippen molar-refractivity contribution in [3.63, 3.8) is 0 Å². The second kappa shape index (κ2) is 9.99. The van der Waals surface area contributed by atoms with Gasteiger partial charge in [-0.25, -0.2) is 4.68 Å².